The van der Waals surface area contributed by atoms with Crippen molar-refractivity contribution in [2.24, 2.45) is 0 Å². The molecule has 0 saturated carbocycles. The Bertz CT molecular complexity index is 751. The first-order chi connectivity index (χ1) is 9.72. The van der Waals surface area contributed by atoms with E-state index in [-0.39, 0.29) is 0 Å². The highest BCUT2D eigenvalue weighted by atomic mass is 35.5. The van der Waals surface area contributed by atoms with E-state index in [4.69, 9.17) is 16.3 Å². The molecule has 0 fully saturated rings. The number of halogens is 1. The number of rotatable bonds is 3. The van der Waals surface area contributed by atoms with Crippen LogP contribution in [0.15, 0.2) is 47.8 Å². The molecule has 1 aromatic heterocycles. The zero-order valence-electron chi connectivity index (χ0n) is 10.8. The van der Waals surface area contributed by atoms with Crippen LogP contribution in [0.4, 0.5) is 0 Å². The van der Waals surface area contributed by atoms with Crippen LogP contribution in [0.3, 0.4) is 0 Å². The zero-order chi connectivity index (χ0) is 14.1. The molecule has 0 aliphatic heterocycles. The van der Waals surface area contributed by atoms with Crippen LogP contribution in [0.5, 0.6) is 5.75 Å². The molecule has 4 heteroatoms. The molecule has 0 radical (unpaired) electrons. The molecule has 3 aromatic rings. The van der Waals surface area contributed by atoms with Crippen molar-refractivity contribution in [2.45, 2.75) is 6.10 Å². The van der Waals surface area contributed by atoms with E-state index in [1.165, 1.54) is 0 Å². The molecule has 0 saturated heterocycles. The summed E-state index contributed by atoms with van der Waals surface area (Å²) < 4.78 is 6.39. The first-order valence-corrected chi connectivity index (χ1v) is 7.44. The summed E-state index contributed by atoms with van der Waals surface area (Å²) >= 11 is 7.85. The summed E-state index contributed by atoms with van der Waals surface area (Å²) in [7, 11) is 1.58. The van der Waals surface area contributed by atoms with Gasteiger partial charge in [0, 0.05) is 15.8 Å². The topological polar surface area (TPSA) is 29.5 Å². The molecule has 0 aliphatic rings. The van der Waals surface area contributed by atoms with Crippen molar-refractivity contribution in [3.8, 4) is 5.75 Å². The van der Waals surface area contributed by atoms with Gasteiger partial charge in [-0.05, 0) is 29.0 Å². The largest absolute Gasteiger partial charge is 0.496 e. The van der Waals surface area contributed by atoms with Crippen LogP contribution in [-0.4, -0.2) is 12.2 Å². The van der Waals surface area contributed by atoms with Crippen LogP contribution in [0.2, 0.25) is 5.02 Å². The minimum atomic E-state index is -0.805. The Morgan fingerprint density at radius 2 is 1.95 bits per heavy atom. The third-order valence-corrected chi connectivity index (χ3v) is 4.62. The number of hydrogen-bond donors (Lipinski definition) is 1. The van der Waals surface area contributed by atoms with Crippen LogP contribution < -0.4 is 4.74 Å². The molecule has 0 spiro atoms. The summed E-state index contributed by atoms with van der Waals surface area (Å²) in [6, 6.07) is 13.3. The molecular weight excluding hydrogens is 292 g/mol. The first-order valence-electron chi connectivity index (χ1n) is 6.19. The van der Waals surface area contributed by atoms with Gasteiger partial charge in [0.25, 0.3) is 0 Å². The van der Waals surface area contributed by atoms with E-state index in [9.17, 15) is 5.11 Å². The lowest BCUT2D eigenvalue weighted by atomic mass is 9.99. The number of aliphatic hydroxyl groups is 1. The van der Waals surface area contributed by atoms with Gasteiger partial charge in [-0.25, -0.2) is 0 Å². The van der Waals surface area contributed by atoms with Crippen LogP contribution in [-0.2, 0) is 0 Å². The highest BCUT2D eigenvalue weighted by molar-refractivity contribution is 7.17. The molecule has 0 amide bonds. The summed E-state index contributed by atoms with van der Waals surface area (Å²) in [4.78, 5) is 0. The van der Waals surface area contributed by atoms with Crippen LogP contribution in [0.25, 0.3) is 10.1 Å². The Labute approximate surface area is 126 Å². The van der Waals surface area contributed by atoms with E-state index in [1.807, 2.05) is 35.7 Å². The Morgan fingerprint density at radius 3 is 2.75 bits per heavy atom. The Kier molecular flexibility index (Phi) is 3.66. The normalized spacial score (nSPS) is 12.6. The molecule has 1 heterocycles. The predicted octanol–water partition coefficient (Wildman–Crippen LogP) is 4.65. The van der Waals surface area contributed by atoms with Crippen LogP contribution in [0, 0.1) is 0 Å². The van der Waals surface area contributed by atoms with Crippen molar-refractivity contribution in [2.75, 3.05) is 7.11 Å². The Hall–Kier alpha value is -1.55. The van der Waals surface area contributed by atoms with E-state index in [0.717, 1.165) is 15.6 Å². The predicted molar refractivity (Wildman–Crippen MR) is 83.9 cm³/mol. The molecule has 1 N–H and O–H groups in total. The molecular formula is C16H13ClO2S. The van der Waals surface area contributed by atoms with Gasteiger partial charge in [-0.3, -0.25) is 0 Å². The van der Waals surface area contributed by atoms with Crippen molar-refractivity contribution in [1.29, 1.82) is 0 Å². The average Bonchev–Trinajstić information content (AvgIpc) is 2.94. The van der Waals surface area contributed by atoms with Crippen molar-refractivity contribution in [3.63, 3.8) is 0 Å². The van der Waals surface area contributed by atoms with E-state index in [2.05, 4.69) is 0 Å². The number of benzene rings is 2. The van der Waals surface area contributed by atoms with E-state index in [0.29, 0.717) is 16.3 Å². The number of fused-ring (bicyclic) bond motifs is 1. The quantitative estimate of drug-likeness (QED) is 0.763. The van der Waals surface area contributed by atoms with Crippen molar-refractivity contribution in [1.82, 2.24) is 0 Å². The van der Waals surface area contributed by atoms with Gasteiger partial charge < -0.3 is 9.84 Å². The molecule has 20 heavy (non-hydrogen) atoms. The zero-order valence-corrected chi connectivity index (χ0v) is 12.4. The Balaban J connectivity index is 2.18. The fourth-order valence-electron chi connectivity index (χ4n) is 2.35. The van der Waals surface area contributed by atoms with E-state index < -0.39 is 6.10 Å². The van der Waals surface area contributed by atoms with Crippen LogP contribution >= 0.6 is 22.9 Å². The average molecular weight is 305 g/mol. The van der Waals surface area contributed by atoms with Gasteiger partial charge >= 0.3 is 0 Å². The molecule has 102 valence electrons. The number of aliphatic hydroxyl groups excluding tert-OH is 1. The molecule has 0 bridgehead atoms. The van der Waals surface area contributed by atoms with Gasteiger partial charge in [-0.2, -0.15) is 0 Å². The third kappa shape index (κ3) is 2.18. The number of methoxy groups -OCH3 is 1. The molecule has 1 unspecified atom stereocenters. The summed E-state index contributed by atoms with van der Waals surface area (Å²) in [6.45, 7) is 0. The second-order valence-corrected chi connectivity index (χ2v) is 5.77. The summed E-state index contributed by atoms with van der Waals surface area (Å²) in [5, 5.41) is 14.4. The van der Waals surface area contributed by atoms with Crippen molar-refractivity contribution >= 4 is 33.0 Å². The summed E-state index contributed by atoms with van der Waals surface area (Å²) in [5.74, 6) is 0.596. The maximum absolute atomic E-state index is 10.7. The molecule has 1 atom stereocenters. The van der Waals surface area contributed by atoms with Gasteiger partial charge in [-0.1, -0.05) is 35.9 Å². The third-order valence-electron chi connectivity index (χ3n) is 3.31. The van der Waals surface area contributed by atoms with Crippen LogP contribution in [0.1, 0.15) is 17.2 Å². The van der Waals surface area contributed by atoms with Gasteiger partial charge in [0.1, 0.15) is 11.9 Å². The summed E-state index contributed by atoms with van der Waals surface area (Å²) in [5.41, 5.74) is 1.46. The second-order valence-electron chi connectivity index (χ2n) is 4.44. The lowest BCUT2D eigenvalue weighted by Gasteiger charge is -2.17. The SMILES string of the molecule is COc1cccc(Cl)c1C(O)c1cccc2ccsc12. The highest BCUT2D eigenvalue weighted by Crippen LogP contribution is 2.39. The molecule has 2 nitrogen and oxygen atoms in total. The highest BCUT2D eigenvalue weighted by Gasteiger charge is 2.21. The van der Waals surface area contributed by atoms with Gasteiger partial charge in [0.05, 0.1) is 12.1 Å². The lowest BCUT2D eigenvalue weighted by molar-refractivity contribution is 0.216. The Morgan fingerprint density at radius 1 is 1.15 bits per heavy atom. The minimum Gasteiger partial charge on any atom is -0.496 e. The second kappa shape index (κ2) is 5.44. The van der Waals surface area contributed by atoms with Crippen molar-refractivity contribution in [3.05, 3.63) is 64.0 Å². The molecule has 3 rings (SSSR count). The fourth-order valence-corrected chi connectivity index (χ4v) is 3.56. The fraction of sp³-hybridized carbons (Fsp3) is 0.125. The summed E-state index contributed by atoms with van der Waals surface area (Å²) in [6.07, 6.45) is -0.805. The molecule has 0 aliphatic carbocycles. The monoisotopic (exact) mass is 304 g/mol. The van der Waals surface area contributed by atoms with E-state index >= 15 is 0 Å². The lowest BCUT2D eigenvalue weighted by Crippen LogP contribution is -2.03. The number of hydrogen-bond acceptors (Lipinski definition) is 3. The minimum absolute atomic E-state index is 0.505. The number of thiophene rings is 1. The van der Waals surface area contributed by atoms with Gasteiger partial charge in [0.2, 0.25) is 0 Å². The maximum Gasteiger partial charge on any atom is 0.126 e. The maximum atomic E-state index is 10.7. The first kappa shape index (κ1) is 13.4. The molecule has 2 aromatic carbocycles. The standard InChI is InChI=1S/C16H13ClO2S/c1-19-13-7-3-6-12(17)14(13)15(18)11-5-2-4-10-8-9-20-16(10)11/h2-9,15,18H,1H3. The van der Waals surface area contributed by atoms with Gasteiger partial charge in [-0.15, -0.1) is 11.3 Å². The smallest absolute Gasteiger partial charge is 0.126 e. The van der Waals surface area contributed by atoms with E-state index in [1.54, 1.807) is 30.6 Å². The van der Waals surface area contributed by atoms with Crippen molar-refractivity contribution < 1.29 is 9.84 Å². The van der Waals surface area contributed by atoms with Gasteiger partial charge in [0.15, 0.2) is 0 Å². The number of ether oxygens (including phenoxy) is 1.